The number of hydrogen-bond acceptors (Lipinski definition) is 3. The van der Waals surface area contributed by atoms with Gasteiger partial charge in [-0.2, -0.15) is 0 Å². The normalized spacial score (nSPS) is 17.1. The second-order valence-corrected chi connectivity index (χ2v) is 5.05. The number of carbonyl (C=O) groups is 1. The number of rotatable bonds is 8. The van der Waals surface area contributed by atoms with Crippen LogP contribution in [0.2, 0.25) is 0 Å². The Hall–Kier alpha value is -0.610. The average molecular weight is 231 g/mol. The van der Waals surface area contributed by atoms with Crippen LogP contribution in [0.1, 0.15) is 40.5 Å². The summed E-state index contributed by atoms with van der Waals surface area (Å²) in [5.74, 6) is -0.261. The van der Waals surface area contributed by atoms with Gasteiger partial charge in [0.15, 0.2) is 0 Å². The molecule has 96 valence electrons. The van der Waals surface area contributed by atoms with E-state index in [2.05, 4.69) is 19.2 Å². The van der Waals surface area contributed by atoms with E-state index in [9.17, 15) is 9.90 Å². The maximum Gasteiger partial charge on any atom is 0.323 e. The fraction of sp³-hybridized carbons (Fsp3) is 0.917. The van der Waals surface area contributed by atoms with Crippen molar-refractivity contribution >= 4 is 5.97 Å². The third kappa shape index (κ3) is 5.47. The van der Waals surface area contributed by atoms with E-state index in [1.807, 2.05) is 6.92 Å². The molecule has 0 aromatic heterocycles. The first-order valence-corrected chi connectivity index (χ1v) is 5.82. The van der Waals surface area contributed by atoms with E-state index in [0.29, 0.717) is 18.9 Å². The van der Waals surface area contributed by atoms with Crippen molar-refractivity contribution < 1.29 is 14.6 Å². The molecule has 0 saturated carbocycles. The van der Waals surface area contributed by atoms with E-state index >= 15 is 0 Å². The quantitative estimate of drug-likeness (QED) is 0.670. The summed E-state index contributed by atoms with van der Waals surface area (Å²) >= 11 is 0. The monoisotopic (exact) mass is 231 g/mol. The highest BCUT2D eigenvalue weighted by molar-refractivity contribution is 5.78. The van der Waals surface area contributed by atoms with E-state index in [0.717, 1.165) is 6.42 Å². The molecule has 2 atom stereocenters. The van der Waals surface area contributed by atoms with E-state index in [-0.39, 0.29) is 6.04 Å². The largest absolute Gasteiger partial charge is 0.480 e. The molecule has 0 rings (SSSR count). The van der Waals surface area contributed by atoms with Crippen LogP contribution < -0.4 is 5.32 Å². The van der Waals surface area contributed by atoms with Crippen molar-refractivity contribution in [1.82, 2.24) is 5.32 Å². The van der Waals surface area contributed by atoms with Gasteiger partial charge in [-0.25, -0.2) is 0 Å². The fourth-order valence-electron chi connectivity index (χ4n) is 1.86. The molecule has 0 fully saturated rings. The standard InChI is InChI=1S/C12H25NO3/c1-9(2)8-10(3)13-12(4,11(14)15)6-7-16-5/h9-10,13H,6-8H2,1-5H3,(H,14,15). The SMILES string of the molecule is COCCC(C)(NC(C)CC(C)C)C(=O)O. The van der Waals surface area contributed by atoms with Crippen molar-refractivity contribution in [3.05, 3.63) is 0 Å². The van der Waals surface area contributed by atoms with Crippen molar-refractivity contribution in [3.63, 3.8) is 0 Å². The van der Waals surface area contributed by atoms with E-state index < -0.39 is 11.5 Å². The van der Waals surface area contributed by atoms with Gasteiger partial charge in [-0.15, -0.1) is 0 Å². The van der Waals surface area contributed by atoms with Crippen molar-refractivity contribution in [2.75, 3.05) is 13.7 Å². The number of hydrogen-bond donors (Lipinski definition) is 2. The number of aliphatic carboxylic acids is 1. The minimum Gasteiger partial charge on any atom is -0.480 e. The lowest BCUT2D eigenvalue weighted by Gasteiger charge is -2.30. The van der Waals surface area contributed by atoms with Gasteiger partial charge in [0.05, 0.1) is 0 Å². The predicted octanol–water partition coefficient (Wildman–Crippen LogP) is 1.89. The molecule has 0 aromatic rings. The van der Waals surface area contributed by atoms with E-state index in [1.54, 1.807) is 14.0 Å². The van der Waals surface area contributed by atoms with Crippen LogP contribution in [0.3, 0.4) is 0 Å². The number of nitrogens with one attached hydrogen (secondary N) is 1. The highest BCUT2D eigenvalue weighted by atomic mass is 16.5. The van der Waals surface area contributed by atoms with Gasteiger partial charge in [0.1, 0.15) is 5.54 Å². The van der Waals surface area contributed by atoms with Gasteiger partial charge in [0.2, 0.25) is 0 Å². The minimum absolute atomic E-state index is 0.193. The molecular weight excluding hydrogens is 206 g/mol. The lowest BCUT2D eigenvalue weighted by molar-refractivity contribution is -0.145. The fourth-order valence-corrected chi connectivity index (χ4v) is 1.86. The molecule has 4 nitrogen and oxygen atoms in total. The van der Waals surface area contributed by atoms with E-state index in [1.165, 1.54) is 0 Å². The van der Waals surface area contributed by atoms with Crippen LogP contribution >= 0.6 is 0 Å². The lowest BCUT2D eigenvalue weighted by Crippen LogP contribution is -2.53. The predicted molar refractivity (Wildman–Crippen MR) is 64.6 cm³/mol. The maximum absolute atomic E-state index is 11.2. The summed E-state index contributed by atoms with van der Waals surface area (Å²) in [7, 11) is 1.58. The first-order chi connectivity index (χ1) is 7.31. The minimum atomic E-state index is -0.898. The Labute approximate surface area is 98.4 Å². The number of carboxylic acids is 1. The Morgan fingerprint density at radius 3 is 2.38 bits per heavy atom. The molecule has 0 radical (unpaired) electrons. The van der Waals surface area contributed by atoms with Gasteiger partial charge >= 0.3 is 5.97 Å². The summed E-state index contributed by atoms with van der Waals surface area (Å²) in [6, 6.07) is 0.193. The zero-order valence-electron chi connectivity index (χ0n) is 11.0. The van der Waals surface area contributed by atoms with Crippen LogP contribution in [-0.4, -0.2) is 36.4 Å². The molecule has 2 N–H and O–H groups in total. The smallest absolute Gasteiger partial charge is 0.323 e. The Balaban J connectivity index is 4.36. The highest BCUT2D eigenvalue weighted by Crippen LogP contribution is 2.14. The molecule has 0 aromatic carbocycles. The topological polar surface area (TPSA) is 58.6 Å². The summed E-state index contributed by atoms with van der Waals surface area (Å²) in [4.78, 5) is 11.2. The van der Waals surface area contributed by atoms with Crippen LogP contribution in [0.25, 0.3) is 0 Å². The van der Waals surface area contributed by atoms with Crippen LogP contribution in [0, 0.1) is 5.92 Å². The molecule has 0 saturated heterocycles. The third-order valence-electron chi connectivity index (χ3n) is 2.67. The van der Waals surface area contributed by atoms with Crippen LogP contribution in [0.5, 0.6) is 0 Å². The molecule has 0 spiro atoms. The zero-order chi connectivity index (χ0) is 12.8. The second kappa shape index (κ2) is 6.86. The van der Waals surface area contributed by atoms with E-state index in [4.69, 9.17) is 4.74 Å². The van der Waals surface area contributed by atoms with Gasteiger partial charge in [0, 0.05) is 19.8 Å². The van der Waals surface area contributed by atoms with Crippen molar-refractivity contribution in [2.24, 2.45) is 5.92 Å². The van der Waals surface area contributed by atoms with Crippen LogP contribution in [0.15, 0.2) is 0 Å². The van der Waals surface area contributed by atoms with Gasteiger partial charge in [-0.3, -0.25) is 10.1 Å². The second-order valence-electron chi connectivity index (χ2n) is 5.05. The summed E-state index contributed by atoms with van der Waals surface area (Å²) in [6.07, 6.45) is 1.44. The summed E-state index contributed by atoms with van der Waals surface area (Å²) in [6.45, 7) is 8.44. The molecule has 0 bridgehead atoms. The summed E-state index contributed by atoms with van der Waals surface area (Å²) in [5.41, 5.74) is -0.898. The highest BCUT2D eigenvalue weighted by Gasteiger charge is 2.33. The van der Waals surface area contributed by atoms with Crippen LogP contribution in [0.4, 0.5) is 0 Å². The lowest BCUT2D eigenvalue weighted by atomic mass is 9.95. The third-order valence-corrected chi connectivity index (χ3v) is 2.67. The first-order valence-electron chi connectivity index (χ1n) is 5.82. The molecular formula is C12H25NO3. The van der Waals surface area contributed by atoms with Crippen LogP contribution in [-0.2, 0) is 9.53 Å². The summed E-state index contributed by atoms with van der Waals surface area (Å²) in [5, 5.41) is 12.4. The molecule has 2 unspecified atom stereocenters. The van der Waals surface area contributed by atoms with Gasteiger partial charge in [-0.05, 0) is 32.6 Å². The Morgan fingerprint density at radius 2 is 2.00 bits per heavy atom. The number of methoxy groups -OCH3 is 1. The molecule has 16 heavy (non-hydrogen) atoms. The Kier molecular flexibility index (Phi) is 6.60. The Bertz CT molecular complexity index is 218. The molecule has 0 aliphatic heterocycles. The first kappa shape index (κ1) is 15.4. The van der Waals surface area contributed by atoms with Crippen molar-refractivity contribution in [1.29, 1.82) is 0 Å². The molecule has 4 heteroatoms. The van der Waals surface area contributed by atoms with Crippen molar-refractivity contribution in [3.8, 4) is 0 Å². The molecule has 0 heterocycles. The average Bonchev–Trinajstić information content (AvgIpc) is 2.12. The van der Waals surface area contributed by atoms with Gasteiger partial charge < -0.3 is 9.84 Å². The van der Waals surface area contributed by atoms with Crippen molar-refractivity contribution in [2.45, 2.75) is 52.1 Å². The molecule has 0 aliphatic carbocycles. The Morgan fingerprint density at radius 1 is 1.44 bits per heavy atom. The maximum atomic E-state index is 11.2. The molecule has 0 aliphatic rings. The number of ether oxygens (including phenoxy) is 1. The van der Waals surface area contributed by atoms with Gasteiger partial charge in [-0.1, -0.05) is 13.8 Å². The summed E-state index contributed by atoms with van der Waals surface area (Å²) < 4.78 is 4.95. The number of carboxylic acid groups (broad SMARTS) is 1. The zero-order valence-corrected chi connectivity index (χ0v) is 11.0. The van der Waals surface area contributed by atoms with Gasteiger partial charge in [0.25, 0.3) is 0 Å². The molecule has 0 amide bonds.